The zero-order valence-corrected chi connectivity index (χ0v) is 19.5. The van der Waals surface area contributed by atoms with E-state index in [9.17, 15) is 4.79 Å². The standard InChI is InChI=1S/C26H30N4OS/c1-19(2)17-30-22-9-4-3-8-21(22)27-26(30)23-10-7-14-29(23)25(31)16-24(20-11-15-32-18-20)28-12-5-6-13-28/h3-6,8-9,11-13,15,18-19,23-24H,7,10,14,16-17H2,1-2H3/t23-,24?/m0/s1. The van der Waals surface area contributed by atoms with Crippen LogP contribution in [0.15, 0.2) is 65.6 Å². The summed E-state index contributed by atoms with van der Waals surface area (Å²) in [6.45, 7) is 6.18. The number of para-hydroxylation sites is 2. The predicted octanol–water partition coefficient (Wildman–Crippen LogP) is 5.90. The Morgan fingerprint density at radius 1 is 1.16 bits per heavy atom. The Morgan fingerprint density at radius 2 is 1.97 bits per heavy atom. The van der Waals surface area contributed by atoms with Crippen LogP contribution in [-0.2, 0) is 11.3 Å². The Hall–Kier alpha value is -2.86. The zero-order valence-electron chi connectivity index (χ0n) is 18.7. The second kappa shape index (κ2) is 8.94. The summed E-state index contributed by atoms with van der Waals surface area (Å²) in [4.78, 5) is 20.8. The molecule has 4 heterocycles. The van der Waals surface area contributed by atoms with Gasteiger partial charge in [-0.1, -0.05) is 26.0 Å². The van der Waals surface area contributed by atoms with Crippen LogP contribution >= 0.6 is 11.3 Å². The van der Waals surface area contributed by atoms with Gasteiger partial charge in [-0.25, -0.2) is 4.98 Å². The first kappa shape index (κ1) is 21.0. The van der Waals surface area contributed by atoms with Crippen molar-refractivity contribution in [2.24, 2.45) is 5.92 Å². The first-order chi connectivity index (χ1) is 15.6. The molecule has 0 saturated carbocycles. The molecular formula is C26H30N4OS. The predicted molar refractivity (Wildman–Crippen MR) is 130 cm³/mol. The molecule has 1 saturated heterocycles. The number of carbonyl (C=O) groups is 1. The number of benzene rings is 1. The molecule has 5 nitrogen and oxygen atoms in total. The summed E-state index contributed by atoms with van der Waals surface area (Å²) in [7, 11) is 0. The number of fused-ring (bicyclic) bond motifs is 1. The Balaban J connectivity index is 1.45. The summed E-state index contributed by atoms with van der Waals surface area (Å²) in [6, 6.07) is 14.6. The van der Waals surface area contributed by atoms with Crippen LogP contribution < -0.4 is 0 Å². The number of hydrogen-bond donors (Lipinski definition) is 0. The molecule has 4 aromatic rings. The molecule has 1 aliphatic heterocycles. The van der Waals surface area contributed by atoms with Crippen molar-refractivity contribution in [3.8, 4) is 0 Å². The van der Waals surface area contributed by atoms with Crippen molar-refractivity contribution in [2.75, 3.05) is 6.54 Å². The van der Waals surface area contributed by atoms with Gasteiger partial charge in [0.15, 0.2) is 0 Å². The van der Waals surface area contributed by atoms with Crippen LogP contribution in [-0.4, -0.2) is 31.5 Å². The number of aromatic nitrogens is 3. The molecule has 0 N–H and O–H groups in total. The van der Waals surface area contributed by atoms with E-state index in [-0.39, 0.29) is 18.0 Å². The van der Waals surface area contributed by atoms with E-state index in [0.29, 0.717) is 12.3 Å². The lowest BCUT2D eigenvalue weighted by atomic mass is 10.1. The molecular weight excluding hydrogens is 416 g/mol. The van der Waals surface area contributed by atoms with Gasteiger partial charge in [0.1, 0.15) is 5.82 Å². The molecule has 6 heteroatoms. The van der Waals surface area contributed by atoms with E-state index in [1.54, 1.807) is 11.3 Å². The van der Waals surface area contributed by atoms with Gasteiger partial charge in [0.25, 0.3) is 0 Å². The fourth-order valence-corrected chi connectivity index (χ4v) is 5.64. The van der Waals surface area contributed by atoms with Crippen molar-refractivity contribution in [2.45, 2.75) is 51.7 Å². The van der Waals surface area contributed by atoms with E-state index < -0.39 is 0 Å². The largest absolute Gasteiger partial charge is 0.346 e. The third-order valence-corrected chi connectivity index (χ3v) is 7.09. The number of rotatable bonds is 7. The van der Waals surface area contributed by atoms with E-state index >= 15 is 0 Å². The lowest BCUT2D eigenvalue weighted by Gasteiger charge is -2.28. The highest BCUT2D eigenvalue weighted by Gasteiger charge is 2.35. The highest BCUT2D eigenvalue weighted by atomic mass is 32.1. The fourth-order valence-electron chi connectivity index (χ4n) is 4.94. The molecule has 0 spiro atoms. The smallest absolute Gasteiger partial charge is 0.225 e. The van der Waals surface area contributed by atoms with E-state index in [1.165, 1.54) is 11.1 Å². The van der Waals surface area contributed by atoms with Gasteiger partial charge in [0.05, 0.1) is 29.5 Å². The first-order valence-electron chi connectivity index (χ1n) is 11.5. The topological polar surface area (TPSA) is 43.1 Å². The van der Waals surface area contributed by atoms with Crippen molar-refractivity contribution in [1.29, 1.82) is 0 Å². The SMILES string of the molecule is CC(C)Cn1c([C@@H]2CCCN2C(=O)CC(c2ccsc2)n2cccc2)nc2ccccc21. The minimum absolute atomic E-state index is 0.0273. The van der Waals surface area contributed by atoms with Gasteiger partial charge in [-0.05, 0) is 65.4 Å². The van der Waals surface area contributed by atoms with Crippen molar-refractivity contribution in [3.05, 3.63) is 77.0 Å². The number of carbonyl (C=O) groups excluding carboxylic acids is 1. The van der Waals surface area contributed by atoms with Gasteiger partial charge in [0.2, 0.25) is 5.91 Å². The van der Waals surface area contributed by atoms with Gasteiger partial charge in [0, 0.05) is 25.5 Å². The number of likely N-dealkylation sites (tertiary alicyclic amines) is 1. The molecule has 1 aromatic carbocycles. The van der Waals surface area contributed by atoms with Gasteiger partial charge >= 0.3 is 0 Å². The first-order valence-corrected chi connectivity index (χ1v) is 12.5. The highest BCUT2D eigenvalue weighted by Crippen LogP contribution is 2.36. The molecule has 1 fully saturated rings. The summed E-state index contributed by atoms with van der Waals surface area (Å²) >= 11 is 1.68. The Kier molecular flexibility index (Phi) is 5.87. The van der Waals surface area contributed by atoms with Crippen LogP contribution in [0.5, 0.6) is 0 Å². The fraction of sp³-hybridized carbons (Fsp3) is 0.385. The molecule has 32 heavy (non-hydrogen) atoms. The monoisotopic (exact) mass is 446 g/mol. The molecule has 0 radical (unpaired) electrons. The van der Waals surface area contributed by atoms with Gasteiger partial charge in [-0.15, -0.1) is 0 Å². The minimum Gasteiger partial charge on any atom is -0.346 e. The number of nitrogens with zero attached hydrogens (tertiary/aromatic N) is 4. The number of thiophene rings is 1. The molecule has 1 amide bonds. The normalized spacial score (nSPS) is 17.5. The summed E-state index contributed by atoms with van der Waals surface area (Å²) < 4.78 is 4.50. The molecule has 1 aliphatic rings. The van der Waals surface area contributed by atoms with Crippen LogP contribution in [0.3, 0.4) is 0 Å². The number of hydrogen-bond acceptors (Lipinski definition) is 3. The summed E-state index contributed by atoms with van der Waals surface area (Å²) in [5.41, 5.74) is 3.38. The number of amides is 1. The van der Waals surface area contributed by atoms with E-state index in [2.05, 4.69) is 75.3 Å². The average molecular weight is 447 g/mol. The lowest BCUT2D eigenvalue weighted by molar-refractivity contribution is -0.132. The van der Waals surface area contributed by atoms with E-state index in [1.807, 2.05) is 18.2 Å². The maximum absolute atomic E-state index is 13.7. The Bertz CT molecular complexity index is 1140. The third-order valence-electron chi connectivity index (χ3n) is 6.39. The maximum atomic E-state index is 13.7. The average Bonchev–Trinajstić information content (AvgIpc) is 3.59. The molecule has 3 aromatic heterocycles. The Labute approximate surface area is 193 Å². The highest BCUT2D eigenvalue weighted by molar-refractivity contribution is 7.08. The van der Waals surface area contributed by atoms with Crippen LogP contribution in [0.4, 0.5) is 0 Å². The van der Waals surface area contributed by atoms with Crippen LogP contribution in [0.25, 0.3) is 11.0 Å². The second-order valence-electron chi connectivity index (χ2n) is 9.12. The molecule has 2 atom stereocenters. The minimum atomic E-state index is 0.0273. The van der Waals surface area contributed by atoms with Gasteiger partial charge in [-0.2, -0.15) is 11.3 Å². The molecule has 0 aliphatic carbocycles. The summed E-state index contributed by atoms with van der Waals surface area (Å²) in [6.07, 6.45) is 6.57. The van der Waals surface area contributed by atoms with Crippen LogP contribution in [0.2, 0.25) is 0 Å². The second-order valence-corrected chi connectivity index (χ2v) is 9.90. The van der Waals surface area contributed by atoms with E-state index in [4.69, 9.17) is 4.98 Å². The Morgan fingerprint density at radius 3 is 2.72 bits per heavy atom. The number of imidazole rings is 1. The van der Waals surface area contributed by atoms with Crippen molar-refractivity contribution in [1.82, 2.24) is 19.0 Å². The van der Waals surface area contributed by atoms with Crippen LogP contribution in [0, 0.1) is 5.92 Å². The quantitative estimate of drug-likeness (QED) is 0.355. The summed E-state index contributed by atoms with van der Waals surface area (Å²) in [5.74, 6) is 1.76. The molecule has 166 valence electrons. The van der Waals surface area contributed by atoms with Crippen molar-refractivity contribution >= 4 is 28.3 Å². The lowest BCUT2D eigenvalue weighted by Crippen LogP contribution is -2.34. The maximum Gasteiger partial charge on any atom is 0.225 e. The molecule has 5 rings (SSSR count). The van der Waals surface area contributed by atoms with Crippen molar-refractivity contribution < 1.29 is 4.79 Å². The van der Waals surface area contributed by atoms with Crippen molar-refractivity contribution in [3.63, 3.8) is 0 Å². The van der Waals surface area contributed by atoms with Gasteiger partial charge in [-0.3, -0.25) is 4.79 Å². The molecule has 0 bridgehead atoms. The van der Waals surface area contributed by atoms with Crippen LogP contribution in [0.1, 0.15) is 56.6 Å². The third kappa shape index (κ3) is 3.99. The molecule has 1 unspecified atom stereocenters. The van der Waals surface area contributed by atoms with Gasteiger partial charge < -0.3 is 14.0 Å². The summed E-state index contributed by atoms with van der Waals surface area (Å²) in [5, 5.41) is 4.24. The van der Waals surface area contributed by atoms with E-state index in [0.717, 1.165) is 37.3 Å². The zero-order chi connectivity index (χ0) is 22.1.